The van der Waals surface area contributed by atoms with Crippen molar-refractivity contribution in [3.8, 4) is 0 Å². The summed E-state index contributed by atoms with van der Waals surface area (Å²) in [5, 5.41) is 0.596. The Morgan fingerprint density at radius 2 is 1.83 bits per heavy atom. The molecule has 2 saturated heterocycles. The van der Waals surface area contributed by atoms with Crippen LogP contribution in [0.1, 0.15) is 19.8 Å². The number of sulfone groups is 1. The maximum Gasteiger partial charge on any atom is 0.241 e. The van der Waals surface area contributed by atoms with Crippen LogP contribution in [0.25, 0.3) is 0 Å². The number of rotatable bonds is 4. The first-order valence-corrected chi connectivity index (χ1v) is 10.1. The Morgan fingerprint density at radius 3 is 2.48 bits per heavy atom. The van der Waals surface area contributed by atoms with Gasteiger partial charge in [0.2, 0.25) is 5.91 Å². The molecule has 3 rings (SSSR count). The summed E-state index contributed by atoms with van der Waals surface area (Å²) in [7, 11) is -3.12. The van der Waals surface area contributed by atoms with Crippen LogP contribution in [-0.4, -0.2) is 55.9 Å². The van der Waals surface area contributed by atoms with Gasteiger partial charge in [-0.2, -0.15) is 0 Å². The summed E-state index contributed by atoms with van der Waals surface area (Å²) in [6.07, 6.45) is 1.99. The number of anilines is 1. The highest BCUT2D eigenvalue weighted by Crippen LogP contribution is 2.32. The maximum absolute atomic E-state index is 12.7. The third kappa shape index (κ3) is 3.39. The van der Waals surface area contributed by atoms with Gasteiger partial charge in [-0.05, 0) is 37.2 Å². The summed E-state index contributed by atoms with van der Waals surface area (Å²) < 4.78 is 24.3. The molecule has 2 aliphatic heterocycles. The van der Waals surface area contributed by atoms with Gasteiger partial charge in [-0.25, -0.2) is 8.42 Å². The SMILES string of the molecule is CCCCN1CC(=O)N(c2ccc(Cl)cc2)C2CS(=O)(=O)CC21. The Balaban J connectivity index is 1.93. The Bertz CT molecular complexity index is 690. The van der Waals surface area contributed by atoms with Crippen LogP contribution >= 0.6 is 11.6 Å². The average molecular weight is 357 g/mol. The lowest BCUT2D eigenvalue weighted by Gasteiger charge is -2.43. The van der Waals surface area contributed by atoms with Crippen LogP contribution in [-0.2, 0) is 14.6 Å². The maximum atomic E-state index is 12.7. The van der Waals surface area contributed by atoms with Crippen molar-refractivity contribution in [2.24, 2.45) is 0 Å². The molecule has 2 atom stereocenters. The van der Waals surface area contributed by atoms with Crippen LogP contribution in [0.4, 0.5) is 5.69 Å². The zero-order valence-electron chi connectivity index (χ0n) is 13.1. The summed E-state index contributed by atoms with van der Waals surface area (Å²) in [5.74, 6) is 0.134. The van der Waals surface area contributed by atoms with Crippen molar-refractivity contribution in [2.45, 2.75) is 31.8 Å². The van der Waals surface area contributed by atoms with Gasteiger partial charge in [0.1, 0.15) is 0 Å². The lowest BCUT2D eigenvalue weighted by atomic mass is 10.0. The highest BCUT2D eigenvalue weighted by Gasteiger charge is 2.49. The largest absolute Gasteiger partial charge is 0.306 e. The second-order valence-electron chi connectivity index (χ2n) is 6.28. The molecule has 1 aromatic rings. The number of piperazine rings is 1. The zero-order chi connectivity index (χ0) is 16.6. The van der Waals surface area contributed by atoms with Crippen molar-refractivity contribution in [1.82, 2.24) is 4.90 Å². The summed E-state index contributed by atoms with van der Waals surface area (Å²) >= 11 is 5.92. The van der Waals surface area contributed by atoms with E-state index in [1.54, 1.807) is 29.2 Å². The number of carbonyl (C=O) groups excluding carboxylic acids is 1. The predicted molar refractivity (Wildman–Crippen MR) is 91.6 cm³/mol. The molecular formula is C16H21ClN2O3S. The van der Waals surface area contributed by atoms with Crippen LogP contribution in [0.15, 0.2) is 24.3 Å². The molecule has 0 spiro atoms. The Kier molecular flexibility index (Phi) is 4.67. The third-order valence-corrected chi connectivity index (χ3v) is 6.56. The minimum atomic E-state index is -3.12. The van der Waals surface area contributed by atoms with Crippen molar-refractivity contribution in [2.75, 3.05) is 29.5 Å². The number of fused-ring (bicyclic) bond motifs is 1. The van der Waals surface area contributed by atoms with E-state index < -0.39 is 9.84 Å². The molecule has 2 heterocycles. The van der Waals surface area contributed by atoms with Crippen molar-refractivity contribution in [3.63, 3.8) is 0 Å². The Hall–Kier alpha value is -1.11. The van der Waals surface area contributed by atoms with Crippen LogP contribution in [0.2, 0.25) is 5.02 Å². The van der Waals surface area contributed by atoms with Gasteiger partial charge in [-0.1, -0.05) is 24.9 Å². The van der Waals surface area contributed by atoms with E-state index >= 15 is 0 Å². The Morgan fingerprint density at radius 1 is 1.17 bits per heavy atom. The van der Waals surface area contributed by atoms with E-state index in [2.05, 4.69) is 6.92 Å². The molecule has 1 amide bonds. The molecule has 2 aliphatic rings. The molecule has 0 bridgehead atoms. The molecule has 0 saturated carbocycles. The fraction of sp³-hybridized carbons (Fsp3) is 0.562. The topological polar surface area (TPSA) is 57.7 Å². The molecule has 0 radical (unpaired) electrons. The second kappa shape index (κ2) is 6.42. The van der Waals surface area contributed by atoms with Crippen molar-refractivity contribution in [3.05, 3.63) is 29.3 Å². The molecule has 7 heteroatoms. The number of benzene rings is 1. The normalized spacial score (nSPS) is 27.2. The van der Waals surface area contributed by atoms with E-state index in [1.807, 2.05) is 4.90 Å². The molecular weight excluding hydrogens is 336 g/mol. The van der Waals surface area contributed by atoms with Gasteiger partial charge in [0.05, 0.1) is 24.1 Å². The fourth-order valence-corrected chi connectivity index (χ4v) is 5.61. The minimum absolute atomic E-state index is 0.0364. The quantitative estimate of drug-likeness (QED) is 0.827. The van der Waals surface area contributed by atoms with Gasteiger partial charge in [-0.3, -0.25) is 9.69 Å². The highest BCUT2D eigenvalue weighted by molar-refractivity contribution is 7.91. The molecule has 23 heavy (non-hydrogen) atoms. The van der Waals surface area contributed by atoms with Crippen molar-refractivity contribution in [1.29, 1.82) is 0 Å². The highest BCUT2D eigenvalue weighted by atomic mass is 35.5. The number of carbonyl (C=O) groups is 1. The average Bonchev–Trinajstić information content (AvgIpc) is 2.81. The summed E-state index contributed by atoms with van der Waals surface area (Å²) in [6.45, 7) is 3.14. The molecule has 126 valence electrons. The smallest absolute Gasteiger partial charge is 0.241 e. The molecule has 2 fully saturated rings. The van der Waals surface area contributed by atoms with Crippen LogP contribution in [0.5, 0.6) is 0 Å². The van der Waals surface area contributed by atoms with Crippen molar-refractivity contribution < 1.29 is 13.2 Å². The van der Waals surface area contributed by atoms with Gasteiger partial charge >= 0.3 is 0 Å². The number of nitrogens with zero attached hydrogens (tertiary/aromatic N) is 2. The van der Waals surface area contributed by atoms with Gasteiger partial charge in [0.25, 0.3) is 0 Å². The number of unbranched alkanes of at least 4 members (excludes halogenated alkanes) is 1. The number of hydrogen-bond donors (Lipinski definition) is 0. The third-order valence-electron chi connectivity index (χ3n) is 4.60. The number of amides is 1. The molecule has 1 aromatic carbocycles. The van der Waals surface area contributed by atoms with Gasteiger partial charge in [0.15, 0.2) is 9.84 Å². The fourth-order valence-electron chi connectivity index (χ4n) is 3.50. The molecule has 0 N–H and O–H groups in total. The van der Waals surface area contributed by atoms with E-state index in [9.17, 15) is 13.2 Å². The molecule has 0 aliphatic carbocycles. The van der Waals surface area contributed by atoms with Gasteiger partial charge < -0.3 is 4.90 Å². The van der Waals surface area contributed by atoms with Crippen molar-refractivity contribution >= 4 is 33.0 Å². The van der Waals surface area contributed by atoms with Crippen LogP contribution in [0.3, 0.4) is 0 Å². The summed E-state index contributed by atoms with van der Waals surface area (Å²) in [5.41, 5.74) is 0.724. The predicted octanol–water partition coefficient (Wildman–Crippen LogP) is 1.95. The lowest BCUT2D eigenvalue weighted by molar-refractivity contribution is -0.123. The summed E-state index contributed by atoms with van der Waals surface area (Å²) in [6, 6.07) is 6.60. The summed E-state index contributed by atoms with van der Waals surface area (Å²) in [4.78, 5) is 16.4. The zero-order valence-corrected chi connectivity index (χ0v) is 14.7. The monoisotopic (exact) mass is 356 g/mol. The van der Waals surface area contributed by atoms with Crippen LogP contribution < -0.4 is 4.90 Å². The van der Waals surface area contributed by atoms with E-state index in [0.29, 0.717) is 5.02 Å². The second-order valence-corrected chi connectivity index (χ2v) is 8.87. The first-order chi connectivity index (χ1) is 10.9. The van der Waals surface area contributed by atoms with Gasteiger partial charge in [-0.15, -0.1) is 0 Å². The molecule has 2 unspecified atom stereocenters. The lowest BCUT2D eigenvalue weighted by Crippen LogP contribution is -2.62. The van der Waals surface area contributed by atoms with E-state index in [0.717, 1.165) is 25.1 Å². The van der Waals surface area contributed by atoms with E-state index in [4.69, 9.17) is 11.6 Å². The molecule has 5 nitrogen and oxygen atoms in total. The standard InChI is InChI=1S/C16H21ClN2O3S/c1-2-3-8-18-9-16(20)19(13-6-4-12(17)5-7-13)15-11-23(21,22)10-14(15)18/h4-7,14-15H,2-3,8-11H2,1H3. The van der Waals surface area contributed by atoms with Gasteiger partial charge in [0, 0.05) is 16.8 Å². The first kappa shape index (κ1) is 16.7. The minimum Gasteiger partial charge on any atom is -0.306 e. The number of hydrogen-bond acceptors (Lipinski definition) is 4. The van der Waals surface area contributed by atoms with E-state index in [1.165, 1.54) is 0 Å². The Labute approximate surface area is 142 Å². The van der Waals surface area contributed by atoms with E-state index in [-0.39, 0.29) is 36.0 Å². The van der Waals surface area contributed by atoms with Crippen LogP contribution in [0, 0.1) is 0 Å². The first-order valence-electron chi connectivity index (χ1n) is 7.93. The molecule has 0 aromatic heterocycles. The number of halogens is 1.